The number of methoxy groups -OCH3 is 1. The monoisotopic (exact) mass is 295 g/mol. The van der Waals surface area contributed by atoms with Crippen LogP contribution in [0.25, 0.3) is 0 Å². The minimum Gasteiger partial charge on any atom is -0.496 e. The Morgan fingerprint density at radius 1 is 1.32 bits per heavy atom. The first kappa shape index (κ1) is 14.2. The molecule has 0 fully saturated rings. The number of nitrogens with one attached hydrogen (secondary N) is 1. The van der Waals surface area contributed by atoms with E-state index >= 15 is 0 Å². The third-order valence-corrected chi connectivity index (χ3v) is 5.63. The van der Waals surface area contributed by atoms with Crippen LogP contribution in [-0.4, -0.2) is 24.1 Å². The summed E-state index contributed by atoms with van der Waals surface area (Å²) < 4.78 is 18.6. The van der Waals surface area contributed by atoms with Gasteiger partial charge in [-0.1, -0.05) is 24.3 Å². The van der Waals surface area contributed by atoms with Gasteiger partial charge in [-0.25, -0.2) is 0 Å². The second kappa shape index (κ2) is 6.84. The number of hydrogen-bond donors (Lipinski definition) is 1. The third-order valence-electron chi connectivity index (χ3n) is 2.90. The maximum atomic E-state index is 12.3. The molecule has 0 aliphatic heterocycles. The standard InChI is InChI=1S/C14H17NO2S2/c1-15-12(10-19(16)14-8-5-9-18-14)11-6-3-4-7-13(11)17-2/h3-9,12,15H,10H2,1-2H3. The highest BCUT2D eigenvalue weighted by Crippen LogP contribution is 2.27. The van der Waals surface area contributed by atoms with Gasteiger partial charge in [0.25, 0.3) is 0 Å². The smallest absolute Gasteiger partial charge is 0.123 e. The summed E-state index contributed by atoms with van der Waals surface area (Å²) in [6.45, 7) is 0. The Morgan fingerprint density at radius 3 is 2.74 bits per heavy atom. The molecule has 0 spiro atoms. The molecule has 2 aromatic rings. The van der Waals surface area contributed by atoms with Crippen molar-refractivity contribution in [2.24, 2.45) is 0 Å². The van der Waals surface area contributed by atoms with E-state index in [2.05, 4.69) is 5.32 Å². The van der Waals surface area contributed by atoms with Gasteiger partial charge in [-0.05, 0) is 24.6 Å². The van der Waals surface area contributed by atoms with Gasteiger partial charge in [0.05, 0.1) is 22.1 Å². The van der Waals surface area contributed by atoms with Crippen LogP contribution in [-0.2, 0) is 10.8 Å². The Balaban J connectivity index is 2.18. The van der Waals surface area contributed by atoms with E-state index in [4.69, 9.17) is 4.74 Å². The zero-order chi connectivity index (χ0) is 13.7. The molecule has 1 aromatic carbocycles. The molecule has 5 heteroatoms. The molecule has 2 atom stereocenters. The van der Waals surface area contributed by atoms with Gasteiger partial charge in [0, 0.05) is 17.4 Å². The summed E-state index contributed by atoms with van der Waals surface area (Å²) in [6.07, 6.45) is 0. The predicted octanol–water partition coefficient (Wildman–Crippen LogP) is 2.83. The van der Waals surface area contributed by atoms with Crippen LogP contribution in [0, 0.1) is 0 Å². The third kappa shape index (κ3) is 3.43. The Morgan fingerprint density at radius 2 is 2.11 bits per heavy atom. The SMILES string of the molecule is CNC(CS(=O)c1cccs1)c1ccccc1OC. The lowest BCUT2D eigenvalue weighted by Crippen LogP contribution is -2.23. The van der Waals surface area contributed by atoms with Crippen molar-refractivity contribution < 1.29 is 8.95 Å². The number of hydrogen-bond acceptors (Lipinski definition) is 4. The van der Waals surface area contributed by atoms with E-state index in [0.717, 1.165) is 15.5 Å². The average Bonchev–Trinajstić information content (AvgIpc) is 2.98. The molecule has 1 aromatic heterocycles. The quantitative estimate of drug-likeness (QED) is 0.890. The maximum Gasteiger partial charge on any atom is 0.123 e. The van der Waals surface area contributed by atoms with Crippen molar-refractivity contribution >= 4 is 22.1 Å². The van der Waals surface area contributed by atoms with Crippen LogP contribution in [0.1, 0.15) is 11.6 Å². The topological polar surface area (TPSA) is 38.3 Å². The van der Waals surface area contributed by atoms with Crippen molar-refractivity contribution in [1.29, 1.82) is 0 Å². The Hall–Kier alpha value is -1.17. The first-order valence-corrected chi connectivity index (χ1v) is 8.18. The van der Waals surface area contributed by atoms with Gasteiger partial charge in [0.1, 0.15) is 5.75 Å². The fourth-order valence-electron chi connectivity index (χ4n) is 1.91. The van der Waals surface area contributed by atoms with E-state index in [1.807, 2.05) is 48.8 Å². The molecule has 0 saturated carbocycles. The number of para-hydroxylation sites is 1. The van der Waals surface area contributed by atoms with Gasteiger partial charge in [-0.3, -0.25) is 4.21 Å². The summed E-state index contributed by atoms with van der Waals surface area (Å²) in [5.41, 5.74) is 1.04. The van der Waals surface area contributed by atoms with Crippen molar-refractivity contribution in [3.8, 4) is 5.75 Å². The van der Waals surface area contributed by atoms with E-state index in [1.54, 1.807) is 7.11 Å². The highest BCUT2D eigenvalue weighted by Gasteiger charge is 2.18. The summed E-state index contributed by atoms with van der Waals surface area (Å²) in [7, 11) is 2.54. The molecule has 1 N–H and O–H groups in total. The van der Waals surface area contributed by atoms with Crippen LogP contribution in [0.4, 0.5) is 0 Å². The highest BCUT2D eigenvalue weighted by atomic mass is 32.2. The molecule has 2 rings (SSSR count). The van der Waals surface area contributed by atoms with Gasteiger partial charge in [0.2, 0.25) is 0 Å². The summed E-state index contributed by atoms with van der Waals surface area (Å²) >= 11 is 1.53. The summed E-state index contributed by atoms with van der Waals surface area (Å²) in [6, 6.07) is 11.7. The largest absolute Gasteiger partial charge is 0.496 e. The predicted molar refractivity (Wildman–Crippen MR) is 80.4 cm³/mol. The molecule has 2 unspecified atom stereocenters. The van der Waals surface area contributed by atoms with Crippen LogP contribution in [0.15, 0.2) is 46.0 Å². The molecule has 19 heavy (non-hydrogen) atoms. The van der Waals surface area contributed by atoms with E-state index in [9.17, 15) is 4.21 Å². The first-order chi connectivity index (χ1) is 9.26. The lowest BCUT2D eigenvalue weighted by atomic mass is 10.1. The minimum absolute atomic E-state index is 0.0130. The van der Waals surface area contributed by atoms with E-state index < -0.39 is 10.8 Å². The number of thiophene rings is 1. The van der Waals surface area contributed by atoms with E-state index in [0.29, 0.717) is 5.75 Å². The molecule has 0 aliphatic rings. The lowest BCUT2D eigenvalue weighted by Gasteiger charge is -2.18. The van der Waals surface area contributed by atoms with Gasteiger partial charge in [-0.2, -0.15) is 0 Å². The van der Waals surface area contributed by atoms with Crippen LogP contribution in [0.5, 0.6) is 5.75 Å². The van der Waals surface area contributed by atoms with Gasteiger partial charge in [-0.15, -0.1) is 11.3 Å². The number of benzene rings is 1. The van der Waals surface area contributed by atoms with Gasteiger partial charge in [0.15, 0.2) is 0 Å². The molecule has 0 amide bonds. The van der Waals surface area contributed by atoms with Crippen molar-refractivity contribution in [3.05, 3.63) is 47.3 Å². The number of ether oxygens (including phenoxy) is 1. The molecular formula is C14H17NO2S2. The van der Waals surface area contributed by atoms with Crippen LogP contribution in [0.2, 0.25) is 0 Å². The minimum atomic E-state index is -0.993. The van der Waals surface area contributed by atoms with Gasteiger partial charge >= 0.3 is 0 Å². The molecular weight excluding hydrogens is 278 g/mol. The Kier molecular flexibility index (Phi) is 5.13. The zero-order valence-corrected chi connectivity index (χ0v) is 12.6. The number of rotatable bonds is 6. The van der Waals surface area contributed by atoms with Gasteiger partial charge < -0.3 is 10.1 Å². The molecule has 0 bridgehead atoms. The average molecular weight is 295 g/mol. The first-order valence-electron chi connectivity index (χ1n) is 5.98. The van der Waals surface area contributed by atoms with Crippen molar-refractivity contribution in [1.82, 2.24) is 5.32 Å². The van der Waals surface area contributed by atoms with Crippen LogP contribution >= 0.6 is 11.3 Å². The van der Waals surface area contributed by atoms with Crippen LogP contribution in [0.3, 0.4) is 0 Å². The van der Waals surface area contributed by atoms with Crippen molar-refractivity contribution in [2.45, 2.75) is 10.3 Å². The second-order valence-electron chi connectivity index (χ2n) is 4.03. The lowest BCUT2D eigenvalue weighted by molar-refractivity contribution is 0.404. The summed E-state index contributed by atoms with van der Waals surface area (Å²) in [5.74, 6) is 1.36. The fourth-order valence-corrected chi connectivity index (χ4v) is 4.20. The summed E-state index contributed by atoms with van der Waals surface area (Å²) in [5, 5.41) is 5.17. The normalized spacial score (nSPS) is 14.0. The maximum absolute atomic E-state index is 12.3. The molecule has 0 aliphatic carbocycles. The van der Waals surface area contributed by atoms with Crippen molar-refractivity contribution in [3.63, 3.8) is 0 Å². The molecule has 3 nitrogen and oxygen atoms in total. The highest BCUT2D eigenvalue weighted by molar-refractivity contribution is 7.87. The van der Waals surface area contributed by atoms with E-state index in [1.165, 1.54) is 11.3 Å². The molecule has 0 saturated heterocycles. The second-order valence-corrected chi connectivity index (χ2v) is 6.70. The summed E-state index contributed by atoms with van der Waals surface area (Å²) in [4.78, 5) is 0. The Bertz CT molecular complexity index is 540. The van der Waals surface area contributed by atoms with Crippen molar-refractivity contribution in [2.75, 3.05) is 19.9 Å². The molecule has 102 valence electrons. The Labute approximate surface area is 120 Å². The molecule has 0 radical (unpaired) electrons. The van der Waals surface area contributed by atoms with Crippen LogP contribution < -0.4 is 10.1 Å². The van der Waals surface area contributed by atoms with E-state index in [-0.39, 0.29) is 6.04 Å². The fraction of sp³-hybridized carbons (Fsp3) is 0.286. The zero-order valence-electron chi connectivity index (χ0n) is 11.0. The molecule has 1 heterocycles.